The van der Waals surface area contributed by atoms with Crippen LogP contribution in [0.4, 0.5) is 5.95 Å². The van der Waals surface area contributed by atoms with Crippen LogP contribution in [0.1, 0.15) is 12.6 Å². The lowest BCUT2D eigenvalue weighted by molar-refractivity contribution is -0.393. The number of rotatable bonds is 6. The molecule has 0 aromatic carbocycles. The topological polar surface area (TPSA) is 121 Å². The summed E-state index contributed by atoms with van der Waals surface area (Å²) >= 11 is 0. The number of aromatic amines is 1. The molecule has 3 N–H and O–H groups in total. The van der Waals surface area contributed by atoms with E-state index in [9.17, 15) is 14.9 Å². The number of nitro groups is 1. The summed E-state index contributed by atoms with van der Waals surface area (Å²) in [4.78, 5) is 27.0. The SMILES string of the molecule is CC(O)CNC(=O)/C=C/Cc1cnc([N+](=O)[O-])[nH]1. The smallest absolute Gasteiger partial charge is 0.392 e. The van der Waals surface area contributed by atoms with E-state index in [0.717, 1.165) is 0 Å². The van der Waals surface area contributed by atoms with Gasteiger partial charge in [-0.05, 0) is 17.9 Å². The summed E-state index contributed by atoms with van der Waals surface area (Å²) in [5.41, 5.74) is 0.543. The highest BCUT2D eigenvalue weighted by Crippen LogP contribution is 2.05. The number of allylic oxidation sites excluding steroid dienone is 1. The van der Waals surface area contributed by atoms with Crippen molar-refractivity contribution < 1.29 is 14.8 Å². The van der Waals surface area contributed by atoms with Gasteiger partial charge in [0.1, 0.15) is 11.9 Å². The van der Waals surface area contributed by atoms with Gasteiger partial charge in [-0.25, -0.2) is 4.98 Å². The van der Waals surface area contributed by atoms with E-state index in [1.807, 2.05) is 0 Å². The second kappa shape index (κ2) is 6.50. The van der Waals surface area contributed by atoms with Gasteiger partial charge in [0, 0.05) is 13.0 Å². The fourth-order valence-electron chi connectivity index (χ4n) is 1.14. The molecule has 8 heteroatoms. The predicted molar refractivity (Wildman–Crippen MR) is 62.8 cm³/mol. The molecule has 0 fully saturated rings. The number of aliphatic hydroxyl groups excluding tert-OH is 1. The van der Waals surface area contributed by atoms with E-state index in [4.69, 9.17) is 5.11 Å². The van der Waals surface area contributed by atoms with Gasteiger partial charge in [0.15, 0.2) is 0 Å². The van der Waals surface area contributed by atoms with Gasteiger partial charge in [-0.15, -0.1) is 0 Å². The van der Waals surface area contributed by atoms with E-state index in [2.05, 4.69) is 15.3 Å². The molecule has 98 valence electrons. The van der Waals surface area contributed by atoms with Crippen LogP contribution in [0.2, 0.25) is 0 Å². The van der Waals surface area contributed by atoms with E-state index in [1.165, 1.54) is 12.3 Å². The molecule has 0 bridgehead atoms. The van der Waals surface area contributed by atoms with Crippen LogP contribution in [-0.4, -0.2) is 38.6 Å². The molecule has 1 unspecified atom stereocenters. The lowest BCUT2D eigenvalue weighted by Crippen LogP contribution is -2.29. The first-order valence-electron chi connectivity index (χ1n) is 5.29. The van der Waals surface area contributed by atoms with E-state index in [-0.39, 0.29) is 18.4 Å². The largest absolute Gasteiger partial charge is 0.432 e. The van der Waals surface area contributed by atoms with Crippen molar-refractivity contribution in [3.8, 4) is 0 Å². The highest BCUT2D eigenvalue weighted by Gasteiger charge is 2.09. The van der Waals surface area contributed by atoms with Crippen LogP contribution in [0.15, 0.2) is 18.3 Å². The lowest BCUT2D eigenvalue weighted by atomic mass is 10.3. The molecular weight excluding hydrogens is 240 g/mol. The lowest BCUT2D eigenvalue weighted by Gasteiger charge is -2.03. The molecule has 1 amide bonds. The van der Waals surface area contributed by atoms with Gasteiger partial charge in [0.05, 0.1) is 6.10 Å². The number of carbonyl (C=O) groups excluding carboxylic acids is 1. The molecule has 1 atom stereocenters. The molecular formula is C10H14N4O4. The minimum absolute atomic E-state index is 0.179. The summed E-state index contributed by atoms with van der Waals surface area (Å²) in [7, 11) is 0. The molecule has 1 aromatic heterocycles. The molecule has 1 heterocycles. The van der Waals surface area contributed by atoms with E-state index < -0.39 is 11.0 Å². The molecule has 1 aromatic rings. The van der Waals surface area contributed by atoms with Crippen LogP contribution in [0.25, 0.3) is 0 Å². The number of nitrogens with one attached hydrogen (secondary N) is 2. The third-order valence-electron chi connectivity index (χ3n) is 1.97. The third kappa shape index (κ3) is 4.74. The number of H-pyrrole nitrogens is 1. The Hall–Kier alpha value is -2.22. The molecule has 8 nitrogen and oxygen atoms in total. The average molecular weight is 254 g/mol. The Morgan fingerprint density at radius 1 is 1.78 bits per heavy atom. The molecule has 0 radical (unpaired) electrons. The summed E-state index contributed by atoms with van der Waals surface area (Å²) in [5.74, 6) is -0.651. The predicted octanol–water partition coefficient (Wildman–Crippen LogP) is -0.0864. The van der Waals surface area contributed by atoms with Gasteiger partial charge < -0.3 is 20.5 Å². The van der Waals surface area contributed by atoms with Crippen molar-refractivity contribution in [2.45, 2.75) is 19.4 Å². The normalized spacial score (nSPS) is 12.6. The van der Waals surface area contributed by atoms with Gasteiger partial charge in [0.2, 0.25) is 5.91 Å². The molecule has 0 spiro atoms. The molecule has 0 aliphatic rings. The van der Waals surface area contributed by atoms with Gasteiger partial charge >= 0.3 is 5.95 Å². The highest BCUT2D eigenvalue weighted by molar-refractivity contribution is 5.87. The Balaban J connectivity index is 2.39. The fourth-order valence-corrected chi connectivity index (χ4v) is 1.14. The summed E-state index contributed by atoms with van der Waals surface area (Å²) in [5, 5.41) is 21.8. The number of hydrogen-bond donors (Lipinski definition) is 3. The Bertz CT molecular complexity index is 452. The van der Waals surface area contributed by atoms with Crippen molar-refractivity contribution in [1.29, 1.82) is 0 Å². The molecule has 18 heavy (non-hydrogen) atoms. The summed E-state index contributed by atoms with van der Waals surface area (Å²) in [6, 6.07) is 0. The highest BCUT2D eigenvalue weighted by atomic mass is 16.6. The summed E-state index contributed by atoms with van der Waals surface area (Å²) in [6.45, 7) is 1.74. The average Bonchev–Trinajstić information content (AvgIpc) is 2.75. The molecule has 1 rings (SSSR count). The summed E-state index contributed by atoms with van der Waals surface area (Å²) < 4.78 is 0. The zero-order valence-electron chi connectivity index (χ0n) is 9.79. The van der Waals surface area contributed by atoms with E-state index >= 15 is 0 Å². The second-order valence-corrected chi connectivity index (χ2v) is 3.69. The molecule has 0 saturated heterocycles. The number of nitrogens with zero attached hydrogens (tertiary/aromatic N) is 2. The van der Waals surface area contributed by atoms with Crippen molar-refractivity contribution in [1.82, 2.24) is 15.3 Å². The van der Waals surface area contributed by atoms with Crippen molar-refractivity contribution in [2.24, 2.45) is 0 Å². The Labute approximate surface area is 103 Å². The first kappa shape index (κ1) is 13.8. The molecule has 0 aliphatic carbocycles. The number of aliphatic hydroxyl groups is 1. The van der Waals surface area contributed by atoms with Crippen molar-refractivity contribution in [3.63, 3.8) is 0 Å². The minimum Gasteiger partial charge on any atom is -0.392 e. The van der Waals surface area contributed by atoms with Crippen molar-refractivity contribution >= 4 is 11.9 Å². The summed E-state index contributed by atoms with van der Waals surface area (Å²) in [6.07, 6.45) is 3.93. The standard InChI is InChI=1S/C10H14N4O4/c1-7(15)5-11-9(16)4-2-3-8-6-12-10(13-8)14(17)18/h2,4,6-7,15H,3,5H2,1H3,(H,11,16)(H,12,13)/b4-2+. The van der Waals surface area contributed by atoms with Gasteiger partial charge in [-0.2, -0.15) is 0 Å². The molecule has 0 aliphatic heterocycles. The van der Waals surface area contributed by atoms with Crippen molar-refractivity contribution in [2.75, 3.05) is 6.54 Å². The Kier molecular flexibility index (Phi) is 5.00. The second-order valence-electron chi connectivity index (χ2n) is 3.69. The molecule has 0 saturated carbocycles. The van der Waals surface area contributed by atoms with Crippen LogP contribution in [0, 0.1) is 10.1 Å². The number of amides is 1. The van der Waals surface area contributed by atoms with Crippen LogP contribution in [0.5, 0.6) is 0 Å². The van der Waals surface area contributed by atoms with Gasteiger partial charge in [-0.3, -0.25) is 4.79 Å². The van der Waals surface area contributed by atoms with Crippen LogP contribution in [0.3, 0.4) is 0 Å². The third-order valence-corrected chi connectivity index (χ3v) is 1.97. The van der Waals surface area contributed by atoms with Gasteiger partial charge in [-0.1, -0.05) is 11.1 Å². The number of hydrogen-bond acceptors (Lipinski definition) is 5. The Morgan fingerprint density at radius 2 is 2.50 bits per heavy atom. The Morgan fingerprint density at radius 3 is 3.06 bits per heavy atom. The zero-order chi connectivity index (χ0) is 13.5. The van der Waals surface area contributed by atoms with E-state index in [1.54, 1.807) is 13.0 Å². The first-order valence-corrected chi connectivity index (χ1v) is 5.29. The number of imidazole rings is 1. The maximum Gasteiger partial charge on any atom is 0.432 e. The van der Waals surface area contributed by atoms with Crippen LogP contribution >= 0.6 is 0 Å². The number of aromatic nitrogens is 2. The van der Waals surface area contributed by atoms with Crippen LogP contribution in [-0.2, 0) is 11.2 Å². The van der Waals surface area contributed by atoms with Crippen molar-refractivity contribution in [3.05, 3.63) is 34.2 Å². The maximum absolute atomic E-state index is 11.2. The number of carbonyl (C=O) groups is 1. The quantitative estimate of drug-likeness (QED) is 0.372. The van der Waals surface area contributed by atoms with E-state index in [0.29, 0.717) is 12.1 Å². The first-order chi connectivity index (χ1) is 8.49. The maximum atomic E-state index is 11.2. The van der Waals surface area contributed by atoms with Gasteiger partial charge in [0.25, 0.3) is 0 Å². The minimum atomic E-state index is -0.622. The van der Waals surface area contributed by atoms with Crippen LogP contribution < -0.4 is 5.32 Å². The zero-order valence-corrected chi connectivity index (χ0v) is 9.79. The fraction of sp³-hybridized carbons (Fsp3) is 0.400. The monoisotopic (exact) mass is 254 g/mol.